The number of benzene rings is 2. The van der Waals surface area contributed by atoms with E-state index in [0.717, 1.165) is 17.0 Å². The number of nitrogens with two attached hydrogens (primary N) is 1. The number of nitrogen functional groups attached to an aromatic ring is 1. The van der Waals surface area contributed by atoms with Gasteiger partial charge in [0.25, 0.3) is 0 Å². The van der Waals surface area contributed by atoms with Crippen LogP contribution in [0.3, 0.4) is 0 Å². The molecule has 0 saturated heterocycles. The second-order valence-electron chi connectivity index (χ2n) is 6.49. The first-order valence-corrected chi connectivity index (χ1v) is 8.89. The highest BCUT2D eigenvalue weighted by Crippen LogP contribution is 2.14. The van der Waals surface area contributed by atoms with E-state index in [4.69, 9.17) is 5.73 Å². The Morgan fingerprint density at radius 2 is 1.63 bits per heavy atom. The zero-order chi connectivity index (χ0) is 19.1. The smallest absolute Gasteiger partial charge is 0.145 e. The molecule has 4 nitrogen and oxygen atoms in total. The Morgan fingerprint density at radius 3 is 2.33 bits per heavy atom. The summed E-state index contributed by atoms with van der Waals surface area (Å²) in [6.07, 6.45) is 10.3. The highest BCUT2D eigenvalue weighted by Gasteiger charge is 2.04. The molecular formula is C23H24N4. The van der Waals surface area contributed by atoms with Crippen molar-refractivity contribution in [2.24, 2.45) is 0 Å². The molecule has 2 N–H and O–H groups in total. The van der Waals surface area contributed by atoms with Gasteiger partial charge in [-0.2, -0.15) is 0 Å². The molecule has 0 amide bonds. The molecule has 0 atom stereocenters. The van der Waals surface area contributed by atoms with E-state index < -0.39 is 0 Å². The maximum absolute atomic E-state index is 5.99. The average Bonchev–Trinajstić information content (AvgIpc) is 2.69. The van der Waals surface area contributed by atoms with E-state index in [-0.39, 0.29) is 0 Å². The lowest BCUT2D eigenvalue weighted by molar-refractivity contribution is 1.03. The van der Waals surface area contributed by atoms with Crippen LogP contribution in [0.1, 0.15) is 22.5 Å². The van der Waals surface area contributed by atoms with Gasteiger partial charge in [0.15, 0.2) is 0 Å². The highest BCUT2D eigenvalue weighted by atomic mass is 15.1. The minimum absolute atomic E-state index is 0.479. The van der Waals surface area contributed by atoms with Crippen molar-refractivity contribution in [3.63, 3.8) is 0 Å². The Hall–Kier alpha value is -3.40. The molecule has 0 unspecified atom stereocenters. The molecule has 2 aromatic carbocycles. The third kappa shape index (κ3) is 5.28. The number of hydrogen-bond acceptors (Lipinski definition) is 4. The van der Waals surface area contributed by atoms with Gasteiger partial charge in [0.1, 0.15) is 5.82 Å². The molecular weight excluding hydrogens is 332 g/mol. The van der Waals surface area contributed by atoms with Crippen molar-refractivity contribution >= 4 is 23.7 Å². The van der Waals surface area contributed by atoms with Crippen LogP contribution in [0.25, 0.3) is 12.2 Å². The maximum Gasteiger partial charge on any atom is 0.145 e. The van der Waals surface area contributed by atoms with Gasteiger partial charge in [-0.25, -0.2) is 9.97 Å². The SMILES string of the molecule is CN(C)c1ccc(/C=C/C=C/c2cnc(N)c(Cc3ccccc3)n2)cc1. The molecule has 27 heavy (non-hydrogen) atoms. The first-order valence-electron chi connectivity index (χ1n) is 8.89. The number of nitrogens with zero attached hydrogens (tertiary/aromatic N) is 3. The fourth-order valence-corrected chi connectivity index (χ4v) is 2.66. The molecule has 3 rings (SSSR count). The lowest BCUT2D eigenvalue weighted by Crippen LogP contribution is -2.07. The molecule has 0 radical (unpaired) electrons. The van der Waals surface area contributed by atoms with Gasteiger partial charge in [0.2, 0.25) is 0 Å². The van der Waals surface area contributed by atoms with Crippen LogP contribution in [0.4, 0.5) is 11.5 Å². The van der Waals surface area contributed by atoms with E-state index in [1.165, 1.54) is 11.3 Å². The average molecular weight is 356 g/mol. The standard InChI is InChI=1S/C23H24N4/c1-27(2)21-14-12-18(13-15-21)8-6-7-11-20-17-25-23(24)22(26-20)16-19-9-4-3-5-10-19/h3-15,17H,16H2,1-2H3,(H2,24,25)/b8-6+,11-7+. The van der Waals surface area contributed by atoms with Gasteiger partial charge in [-0.1, -0.05) is 60.7 Å². The molecule has 0 aliphatic heterocycles. The number of aromatic nitrogens is 2. The Kier molecular flexibility index (Phi) is 6.00. The summed E-state index contributed by atoms with van der Waals surface area (Å²) in [5, 5.41) is 0. The number of hydrogen-bond donors (Lipinski definition) is 1. The summed E-state index contributed by atoms with van der Waals surface area (Å²) in [5.74, 6) is 0.479. The van der Waals surface area contributed by atoms with Gasteiger partial charge < -0.3 is 10.6 Å². The first-order chi connectivity index (χ1) is 13.1. The van der Waals surface area contributed by atoms with E-state index in [9.17, 15) is 0 Å². The van der Waals surface area contributed by atoms with Crippen molar-refractivity contribution in [3.8, 4) is 0 Å². The molecule has 1 aromatic heterocycles. The summed E-state index contributed by atoms with van der Waals surface area (Å²) >= 11 is 0. The van der Waals surface area contributed by atoms with Gasteiger partial charge >= 0.3 is 0 Å². The van der Waals surface area contributed by atoms with Gasteiger partial charge in [-0.3, -0.25) is 0 Å². The Balaban J connectivity index is 1.67. The summed E-state index contributed by atoms with van der Waals surface area (Å²) in [5.41, 5.74) is 11.1. The van der Waals surface area contributed by atoms with Crippen LogP contribution in [0.2, 0.25) is 0 Å². The molecule has 4 heteroatoms. The number of allylic oxidation sites excluding steroid dienone is 2. The molecule has 0 aliphatic carbocycles. The van der Waals surface area contributed by atoms with E-state index in [1.54, 1.807) is 6.20 Å². The Bertz CT molecular complexity index is 926. The van der Waals surface area contributed by atoms with Gasteiger partial charge in [-0.15, -0.1) is 0 Å². The van der Waals surface area contributed by atoms with Crippen LogP contribution in [-0.4, -0.2) is 24.1 Å². The van der Waals surface area contributed by atoms with Crippen LogP contribution in [-0.2, 0) is 6.42 Å². The molecule has 0 bridgehead atoms. The van der Waals surface area contributed by atoms with Crippen LogP contribution < -0.4 is 10.6 Å². The molecule has 0 saturated carbocycles. The molecule has 0 fully saturated rings. The molecule has 0 spiro atoms. The zero-order valence-corrected chi connectivity index (χ0v) is 15.7. The summed E-state index contributed by atoms with van der Waals surface area (Å²) in [6.45, 7) is 0. The summed E-state index contributed by atoms with van der Waals surface area (Å²) in [7, 11) is 4.07. The van der Waals surface area contributed by atoms with E-state index >= 15 is 0 Å². The first kappa shape index (κ1) is 18.4. The minimum Gasteiger partial charge on any atom is -0.382 e. The topological polar surface area (TPSA) is 55.0 Å². The summed E-state index contributed by atoms with van der Waals surface area (Å²) < 4.78 is 0. The minimum atomic E-state index is 0.479. The summed E-state index contributed by atoms with van der Waals surface area (Å²) in [4.78, 5) is 11.0. The molecule has 136 valence electrons. The quantitative estimate of drug-likeness (QED) is 0.663. The number of rotatable bonds is 6. The molecule has 0 aliphatic rings. The normalized spacial score (nSPS) is 11.3. The third-order valence-electron chi connectivity index (χ3n) is 4.19. The fourth-order valence-electron chi connectivity index (χ4n) is 2.66. The zero-order valence-electron chi connectivity index (χ0n) is 15.7. The van der Waals surface area contributed by atoms with Gasteiger partial charge in [0.05, 0.1) is 17.6 Å². The van der Waals surface area contributed by atoms with Crippen molar-refractivity contribution in [2.45, 2.75) is 6.42 Å². The van der Waals surface area contributed by atoms with Crippen LogP contribution >= 0.6 is 0 Å². The third-order valence-corrected chi connectivity index (χ3v) is 4.19. The lowest BCUT2D eigenvalue weighted by atomic mass is 10.1. The van der Waals surface area contributed by atoms with E-state index in [2.05, 4.69) is 57.3 Å². The molecule has 1 heterocycles. The van der Waals surface area contributed by atoms with Gasteiger partial charge in [-0.05, 0) is 29.3 Å². The predicted octanol–water partition coefficient (Wildman–Crippen LogP) is 4.44. The fraction of sp³-hybridized carbons (Fsp3) is 0.130. The van der Waals surface area contributed by atoms with Crippen molar-refractivity contribution in [3.05, 3.63) is 95.5 Å². The van der Waals surface area contributed by atoms with E-state index in [0.29, 0.717) is 12.2 Å². The van der Waals surface area contributed by atoms with Gasteiger partial charge in [0, 0.05) is 26.2 Å². The molecule has 3 aromatic rings. The van der Waals surface area contributed by atoms with Crippen LogP contribution in [0.5, 0.6) is 0 Å². The van der Waals surface area contributed by atoms with Crippen LogP contribution in [0.15, 0.2) is 72.9 Å². The second kappa shape index (κ2) is 8.81. The number of anilines is 2. The van der Waals surface area contributed by atoms with Crippen molar-refractivity contribution in [2.75, 3.05) is 24.7 Å². The largest absolute Gasteiger partial charge is 0.382 e. The van der Waals surface area contributed by atoms with Crippen LogP contribution in [0, 0.1) is 0 Å². The predicted molar refractivity (Wildman–Crippen MR) is 115 cm³/mol. The van der Waals surface area contributed by atoms with E-state index in [1.807, 2.05) is 50.5 Å². The Morgan fingerprint density at radius 1 is 0.926 bits per heavy atom. The van der Waals surface area contributed by atoms with Crippen molar-refractivity contribution in [1.82, 2.24) is 9.97 Å². The highest BCUT2D eigenvalue weighted by molar-refractivity contribution is 5.58. The lowest BCUT2D eigenvalue weighted by Gasteiger charge is -2.11. The monoisotopic (exact) mass is 356 g/mol. The maximum atomic E-state index is 5.99. The Labute approximate surface area is 160 Å². The second-order valence-corrected chi connectivity index (χ2v) is 6.49. The van der Waals surface area contributed by atoms with Crippen molar-refractivity contribution < 1.29 is 0 Å². The summed E-state index contributed by atoms with van der Waals surface area (Å²) in [6, 6.07) is 18.5. The van der Waals surface area contributed by atoms with Crippen molar-refractivity contribution in [1.29, 1.82) is 0 Å².